The highest BCUT2D eigenvalue weighted by atomic mass is 31.2. The maximum Gasteiger partial charge on any atom is 0.472 e. The second-order valence-corrected chi connectivity index (χ2v) is 15.6. The molecule has 0 saturated carbocycles. The van der Waals surface area contributed by atoms with Crippen LogP contribution in [0.15, 0.2) is 72.9 Å². The highest BCUT2D eigenvalue weighted by Gasteiger charge is 2.26. The van der Waals surface area contributed by atoms with E-state index in [-0.39, 0.29) is 26.1 Å². The summed E-state index contributed by atoms with van der Waals surface area (Å²) in [7, 11) is -0.760. The Morgan fingerprint density at radius 3 is 1.55 bits per heavy atom. The largest absolute Gasteiger partial charge is 0.472 e. The van der Waals surface area contributed by atoms with Crippen LogP contribution in [-0.2, 0) is 32.7 Å². The Bertz CT molecular complexity index is 1140. The summed E-state index contributed by atoms with van der Waals surface area (Å²) in [6, 6.07) is 0. The quantitative estimate of drug-likeness (QED) is 0.0283. The molecule has 0 aliphatic heterocycles. The third kappa shape index (κ3) is 40.9. The van der Waals surface area contributed by atoms with E-state index in [0.717, 1.165) is 57.8 Å². The smallest absolute Gasteiger partial charge is 0.462 e. The second kappa shape index (κ2) is 39.7. The first-order chi connectivity index (χ1) is 26.7. The first-order valence-corrected chi connectivity index (χ1v) is 22.7. The summed E-state index contributed by atoms with van der Waals surface area (Å²) in [6.45, 7) is 4.16. The van der Waals surface area contributed by atoms with E-state index in [0.29, 0.717) is 19.4 Å². The van der Waals surface area contributed by atoms with Crippen LogP contribution in [0.1, 0.15) is 155 Å². The SMILES string of the molecule is CCCCC/C=C\C/C=C\C/C=C\CCCCC(=O)OC(COC(=O)CCC/C=C\C/C=C\C/C=C\CCCCCCCC)COP(=O)(O)OCCN(C)C. The van der Waals surface area contributed by atoms with Crippen LogP contribution in [0.4, 0.5) is 0 Å². The summed E-state index contributed by atoms with van der Waals surface area (Å²) >= 11 is 0. The summed E-state index contributed by atoms with van der Waals surface area (Å²) in [6.07, 6.45) is 46.7. The minimum atomic E-state index is -4.39. The van der Waals surface area contributed by atoms with Crippen molar-refractivity contribution in [2.75, 3.05) is 40.5 Å². The molecule has 0 aromatic rings. The molecule has 0 spiro atoms. The number of likely N-dealkylation sites (N-methyl/N-ethyl adjacent to an activating group) is 1. The predicted molar refractivity (Wildman–Crippen MR) is 229 cm³/mol. The average Bonchev–Trinajstić information content (AvgIpc) is 3.15. The summed E-state index contributed by atoms with van der Waals surface area (Å²) in [5.41, 5.74) is 0. The van der Waals surface area contributed by atoms with E-state index < -0.39 is 32.5 Å². The average molecular weight is 792 g/mol. The number of phosphoric acid groups is 1. The van der Waals surface area contributed by atoms with Gasteiger partial charge in [0.1, 0.15) is 6.61 Å². The fraction of sp³-hybridized carbons (Fsp3) is 0.689. The maximum absolute atomic E-state index is 12.6. The van der Waals surface area contributed by atoms with Crippen LogP contribution < -0.4 is 0 Å². The normalized spacial score (nSPS) is 14.1. The Kier molecular flexibility index (Phi) is 37.8. The molecule has 0 bridgehead atoms. The standard InChI is InChI=1S/C45H78NO8P/c1-5-7-9-11-13-15-17-19-21-22-24-25-27-29-31-33-35-37-44(47)51-41-43(42-53-55(49,50)52-40-39-46(3)4)54-45(48)38-36-34-32-30-28-26-23-20-18-16-14-12-10-8-6-2/h14,16,19-21,23-25,28-31,43H,5-13,15,17-18,22,26-27,32-42H2,1-4H3,(H,49,50)/b16-14-,21-19-,23-20-,25-24-,30-28-,31-29-. The van der Waals surface area contributed by atoms with Gasteiger partial charge in [-0.3, -0.25) is 18.6 Å². The number of allylic oxidation sites excluding steroid dienone is 12. The molecule has 0 amide bonds. The Hall–Kier alpha value is -2.55. The monoisotopic (exact) mass is 792 g/mol. The van der Waals surface area contributed by atoms with Crippen molar-refractivity contribution in [3.63, 3.8) is 0 Å². The fourth-order valence-electron chi connectivity index (χ4n) is 5.18. The molecule has 0 aliphatic rings. The molecule has 1 N–H and O–H groups in total. The van der Waals surface area contributed by atoms with Crippen LogP contribution in [0.25, 0.3) is 0 Å². The van der Waals surface area contributed by atoms with Crippen molar-refractivity contribution in [3.05, 3.63) is 72.9 Å². The van der Waals surface area contributed by atoms with Gasteiger partial charge in [-0.2, -0.15) is 0 Å². The van der Waals surface area contributed by atoms with Crippen LogP contribution in [-0.4, -0.2) is 68.3 Å². The molecule has 55 heavy (non-hydrogen) atoms. The zero-order chi connectivity index (χ0) is 40.5. The van der Waals surface area contributed by atoms with Gasteiger partial charge in [0.05, 0.1) is 13.2 Å². The lowest BCUT2D eigenvalue weighted by atomic mass is 10.1. The van der Waals surface area contributed by atoms with Crippen LogP contribution >= 0.6 is 7.82 Å². The number of carbonyl (C=O) groups excluding carboxylic acids is 2. The van der Waals surface area contributed by atoms with Crippen molar-refractivity contribution in [3.8, 4) is 0 Å². The molecule has 0 heterocycles. The zero-order valence-electron chi connectivity index (χ0n) is 35.1. The number of nitrogens with zero attached hydrogens (tertiary/aromatic N) is 1. The molecule has 0 aliphatic carbocycles. The van der Waals surface area contributed by atoms with E-state index in [2.05, 4.69) is 86.8 Å². The molecule has 316 valence electrons. The molecule has 2 unspecified atom stereocenters. The second-order valence-electron chi connectivity index (χ2n) is 14.2. The summed E-state index contributed by atoms with van der Waals surface area (Å²) in [4.78, 5) is 36.9. The minimum Gasteiger partial charge on any atom is -0.462 e. The van der Waals surface area contributed by atoms with Crippen molar-refractivity contribution >= 4 is 19.8 Å². The van der Waals surface area contributed by atoms with Crippen LogP contribution in [0.3, 0.4) is 0 Å². The molecule has 0 rings (SSSR count). The van der Waals surface area contributed by atoms with E-state index in [4.69, 9.17) is 18.5 Å². The van der Waals surface area contributed by atoms with Gasteiger partial charge in [0.2, 0.25) is 0 Å². The number of hydrogen-bond acceptors (Lipinski definition) is 8. The highest BCUT2D eigenvalue weighted by Crippen LogP contribution is 2.43. The molecule has 0 aromatic carbocycles. The third-order valence-corrected chi connectivity index (χ3v) is 9.47. The van der Waals surface area contributed by atoms with Gasteiger partial charge in [0, 0.05) is 19.4 Å². The van der Waals surface area contributed by atoms with E-state index >= 15 is 0 Å². The van der Waals surface area contributed by atoms with Gasteiger partial charge in [-0.15, -0.1) is 0 Å². The summed E-state index contributed by atoms with van der Waals surface area (Å²) in [5.74, 6) is -0.916. The van der Waals surface area contributed by atoms with Gasteiger partial charge < -0.3 is 19.3 Å². The fourth-order valence-corrected chi connectivity index (χ4v) is 5.92. The number of ether oxygens (including phenoxy) is 2. The molecule has 0 saturated heterocycles. The first-order valence-electron chi connectivity index (χ1n) is 21.2. The number of phosphoric ester groups is 1. The third-order valence-electron chi connectivity index (χ3n) is 8.49. The Labute approximate surface area is 336 Å². The van der Waals surface area contributed by atoms with Gasteiger partial charge in [-0.25, -0.2) is 4.57 Å². The van der Waals surface area contributed by atoms with Crippen molar-refractivity contribution in [1.82, 2.24) is 4.90 Å². The van der Waals surface area contributed by atoms with Crippen molar-refractivity contribution in [2.24, 2.45) is 0 Å². The van der Waals surface area contributed by atoms with Crippen LogP contribution in [0.2, 0.25) is 0 Å². The van der Waals surface area contributed by atoms with Gasteiger partial charge in [-0.1, -0.05) is 132 Å². The van der Waals surface area contributed by atoms with Gasteiger partial charge in [0.25, 0.3) is 0 Å². The molecule has 9 nitrogen and oxygen atoms in total. The van der Waals surface area contributed by atoms with Gasteiger partial charge in [-0.05, 0) is 97.6 Å². The van der Waals surface area contributed by atoms with E-state index in [1.54, 1.807) is 4.90 Å². The van der Waals surface area contributed by atoms with Crippen LogP contribution in [0.5, 0.6) is 0 Å². The number of esters is 2. The molecular formula is C45H78NO8P. The molecule has 10 heteroatoms. The lowest BCUT2D eigenvalue weighted by molar-refractivity contribution is -0.161. The number of rotatable bonds is 38. The van der Waals surface area contributed by atoms with E-state index in [1.807, 2.05) is 14.1 Å². The van der Waals surface area contributed by atoms with Crippen molar-refractivity contribution < 1.29 is 37.6 Å². The summed E-state index contributed by atoms with van der Waals surface area (Å²) < 4.78 is 33.3. The topological polar surface area (TPSA) is 112 Å². The molecule has 0 fully saturated rings. The van der Waals surface area contributed by atoms with Crippen molar-refractivity contribution in [1.29, 1.82) is 0 Å². The Morgan fingerprint density at radius 1 is 0.564 bits per heavy atom. The first kappa shape index (κ1) is 52.5. The van der Waals surface area contributed by atoms with Crippen molar-refractivity contribution in [2.45, 2.75) is 161 Å². The van der Waals surface area contributed by atoms with Gasteiger partial charge in [0.15, 0.2) is 6.10 Å². The Morgan fingerprint density at radius 2 is 1.00 bits per heavy atom. The molecule has 0 radical (unpaired) electrons. The lowest BCUT2D eigenvalue weighted by Gasteiger charge is -2.20. The number of hydrogen-bond donors (Lipinski definition) is 1. The lowest BCUT2D eigenvalue weighted by Crippen LogP contribution is -2.29. The maximum atomic E-state index is 12.6. The Balaban J connectivity index is 4.47. The van der Waals surface area contributed by atoms with Gasteiger partial charge >= 0.3 is 19.8 Å². The van der Waals surface area contributed by atoms with E-state index in [1.165, 1.54) is 57.8 Å². The predicted octanol–water partition coefficient (Wildman–Crippen LogP) is 12.1. The molecule has 2 atom stereocenters. The van der Waals surface area contributed by atoms with Crippen LogP contribution in [0, 0.1) is 0 Å². The molecule has 0 aromatic heterocycles. The number of unbranched alkanes of at least 4 members (excludes halogenated alkanes) is 12. The number of carbonyl (C=O) groups is 2. The highest BCUT2D eigenvalue weighted by molar-refractivity contribution is 7.47. The summed E-state index contributed by atoms with van der Waals surface area (Å²) in [5, 5.41) is 0. The molecular weight excluding hydrogens is 713 g/mol. The zero-order valence-corrected chi connectivity index (χ0v) is 36.0. The van der Waals surface area contributed by atoms with E-state index in [9.17, 15) is 19.0 Å². The minimum absolute atomic E-state index is 0.0110.